The second kappa shape index (κ2) is 9.48. The number of β-lactam (4-membered cyclic amide) rings is 1. The number of carbonyl (C=O) groups is 3. The molecular formula is C19H20N8O6S. The molecule has 2 aliphatic heterocycles. The number of anilines is 2. The Hall–Kier alpha value is -3.98. The van der Waals surface area contributed by atoms with Crippen molar-refractivity contribution in [2.45, 2.75) is 30.3 Å². The van der Waals surface area contributed by atoms with E-state index in [9.17, 15) is 24.6 Å². The van der Waals surface area contributed by atoms with E-state index in [1.165, 1.54) is 18.9 Å². The highest BCUT2D eigenvalue weighted by molar-refractivity contribution is 8.01. The number of carboxylic acids is 1. The Morgan fingerprint density at radius 3 is 2.79 bits per heavy atom. The summed E-state index contributed by atoms with van der Waals surface area (Å²) in [6.45, 7) is -0.183. The van der Waals surface area contributed by atoms with Crippen LogP contribution in [0.1, 0.15) is 12.0 Å². The van der Waals surface area contributed by atoms with Crippen molar-refractivity contribution in [3.8, 4) is 0 Å². The van der Waals surface area contributed by atoms with Crippen molar-refractivity contribution in [3.05, 3.63) is 41.4 Å². The summed E-state index contributed by atoms with van der Waals surface area (Å²) >= 11 is 1.19. The van der Waals surface area contributed by atoms with Gasteiger partial charge < -0.3 is 25.6 Å². The number of aromatic nitrogens is 4. The van der Waals surface area contributed by atoms with Crippen LogP contribution < -0.4 is 20.3 Å². The lowest BCUT2D eigenvalue weighted by Crippen LogP contribution is -2.60. The van der Waals surface area contributed by atoms with Crippen molar-refractivity contribution >= 4 is 47.7 Å². The summed E-state index contributed by atoms with van der Waals surface area (Å²) in [5.41, 5.74) is 6.18. The second-order valence-corrected chi connectivity index (χ2v) is 8.52. The van der Waals surface area contributed by atoms with Gasteiger partial charge in [-0.1, -0.05) is 5.16 Å². The zero-order chi connectivity index (χ0) is 24.4. The molecule has 0 bridgehead atoms. The SMILES string of the molecule is CON=CC(=O)N(c1n[nH]c(N)n1)C1S[C@H]2CC(=O)N2C(C(=O)[O-])=C1C[n+]1ccc(CO)cc1. The van der Waals surface area contributed by atoms with E-state index in [4.69, 9.17) is 5.73 Å². The number of carbonyl (C=O) groups excluding carboxylic acids is 3. The summed E-state index contributed by atoms with van der Waals surface area (Å²) in [6.07, 6.45) is 4.26. The van der Waals surface area contributed by atoms with Crippen LogP contribution in [0.5, 0.6) is 0 Å². The first-order valence-corrected chi connectivity index (χ1v) is 10.9. The van der Waals surface area contributed by atoms with Crippen LogP contribution in [0.2, 0.25) is 0 Å². The van der Waals surface area contributed by atoms with E-state index in [1.54, 1.807) is 29.1 Å². The number of oxime groups is 1. The Morgan fingerprint density at radius 1 is 1.50 bits per heavy atom. The molecule has 14 nitrogen and oxygen atoms in total. The van der Waals surface area contributed by atoms with Crippen LogP contribution in [-0.4, -0.2) is 67.0 Å². The number of H-pyrrole nitrogens is 1. The average molecular weight is 488 g/mol. The van der Waals surface area contributed by atoms with Gasteiger partial charge in [0.1, 0.15) is 18.7 Å². The molecule has 4 heterocycles. The molecule has 2 aromatic heterocycles. The van der Waals surface area contributed by atoms with Gasteiger partial charge in [0.25, 0.3) is 11.9 Å². The first-order valence-electron chi connectivity index (χ1n) is 9.92. The standard InChI is InChI=1S/C19H20N8O6S/c1-33-21-7-13(30)27(19-22-18(20)23-24-19)16-11(8-25-4-2-10(9-28)3-5-25)15(17(31)32)26-12(29)6-14(26)34-16/h2-5,7,14,16,28H,6,8-9H2,1H3,(H3-,20,21,22,23,24,30,31,32)/t14-,16?/m0/s1. The zero-order valence-electron chi connectivity index (χ0n) is 17.8. The van der Waals surface area contributed by atoms with Gasteiger partial charge in [0.15, 0.2) is 18.9 Å². The maximum Gasteiger partial charge on any atom is 0.276 e. The lowest BCUT2D eigenvalue weighted by Gasteiger charge is -2.49. The third-order valence-corrected chi connectivity index (χ3v) is 6.62. The third-order valence-electron chi connectivity index (χ3n) is 5.17. The van der Waals surface area contributed by atoms with E-state index < -0.39 is 22.6 Å². The average Bonchev–Trinajstić information content (AvgIpc) is 3.24. The molecule has 15 heteroatoms. The van der Waals surface area contributed by atoms with Crippen molar-refractivity contribution in [1.29, 1.82) is 0 Å². The summed E-state index contributed by atoms with van der Waals surface area (Å²) in [4.78, 5) is 48.5. The largest absolute Gasteiger partial charge is 0.543 e. The number of hydrogen-bond donors (Lipinski definition) is 3. The molecule has 34 heavy (non-hydrogen) atoms. The molecule has 4 N–H and O–H groups in total. The molecule has 2 aromatic rings. The number of aliphatic hydroxyl groups is 1. The Bertz CT molecular complexity index is 1180. The fourth-order valence-electron chi connectivity index (χ4n) is 3.61. The second-order valence-electron chi connectivity index (χ2n) is 7.26. The highest BCUT2D eigenvalue weighted by Gasteiger charge is 2.50. The van der Waals surface area contributed by atoms with Crippen LogP contribution in [-0.2, 0) is 32.4 Å². The highest BCUT2D eigenvalue weighted by Crippen LogP contribution is 2.45. The topological polar surface area (TPSA) is 194 Å². The molecule has 4 rings (SSSR count). The molecule has 1 saturated heterocycles. The van der Waals surface area contributed by atoms with Gasteiger partial charge in [-0.25, -0.2) is 9.67 Å². The van der Waals surface area contributed by atoms with E-state index in [0.29, 0.717) is 5.56 Å². The van der Waals surface area contributed by atoms with Crippen LogP contribution in [0.25, 0.3) is 0 Å². The number of aliphatic carboxylic acids is 1. The summed E-state index contributed by atoms with van der Waals surface area (Å²) in [7, 11) is 1.26. The molecule has 0 saturated carbocycles. The number of nitrogens with one attached hydrogen (secondary N) is 1. The minimum atomic E-state index is -1.56. The molecule has 2 amide bonds. The molecule has 1 unspecified atom stereocenters. The first-order chi connectivity index (χ1) is 16.3. The number of rotatable bonds is 8. The molecule has 0 radical (unpaired) electrons. The summed E-state index contributed by atoms with van der Waals surface area (Å²) in [5.74, 6) is -2.80. The minimum Gasteiger partial charge on any atom is -0.543 e. The molecular weight excluding hydrogens is 468 g/mol. The van der Waals surface area contributed by atoms with E-state index >= 15 is 0 Å². The normalized spacial score (nSPS) is 19.7. The smallest absolute Gasteiger partial charge is 0.276 e. The van der Waals surface area contributed by atoms with Crippen molar-refractivity contribution in [2.24, 2.45) is 5.16 Å². The Balaban J connectivity index is 1.84. The van der Waals surface area contributed by atoms with Gasteiger partial charge in [0.05, 0.1) is 35.6 Å². The predicted molar refractivity (Wildman–Crippen MR) is 115 cm³/mol. The number of fused-ring (bicyclic) bond motifs is 1. The van der Waals surface area contributed by atoms with Gasteiger partial charge in [-0.3, -0.25) is 19.4 Å². The zero-order valence-corrected chi connectivity index (χ0v) is 18.6. The number of amides is 2. The van der Waals surface area contributed by atoms with Crippen LogP contribution in [0.4, 0.5) is 11.9 Å². The number of pyridine rings is 1. The summed E-state index contributed by atoms with van der Waals surface area (Å²) < 4.78 is 1.65. The molecule has 178 valence electrons. The highest BCUT2D eigenvalue weighted by atomic mass is 32.2. The van der Waals surface area contributed by atoms with Crippen LogP contribution in [0.3, 0.4) is 0 Å². The molecule has 0 aromatic carbocycles. The van der Waals surface area contributed by atoms with Gasteiger partial charge in [0, 0.05) is 12.1 Å². The Kier molecular flexibility index (Phi) is 6.47. The summed E-state index contributed by atoms with van der Waals surface area (Å²) in [5, 5.41) is 30.0. The maximum atomic E-state index is 13.1. The third kappa shape index (κ3) is 4.29. The molecule has 2 aliphatic rings. The number of hydrogen-bond acceptors (Lipinski definition) is 11. The fourth-order valence-corrected chi connectivity index (χ4v) is 5.17. The molecule has 0 aliphatic carbocycles. The van der Waals surface area contributed by atoms with Gasteiger partial charge in [-0.05, 0) is 5.56 Å². The Labute approximate surface area is 196 Å². The van der Waals surface area contributed by atoms with E-state index in [2.05, 4.69) is 25.2 Å². The van der Waals surface area contributed by atoms with Crippen LogP contribution in [0, 0.1) is 0 Å². The molecule has 0 spiro atoms. The number of aromatic amines is 1. The maximum absolute atomic E-state index is 13.1. The first kappa shape index (κ1) is 23.2. The Morgan fingerprint density at radius 2 is 2.24 bits per heavy atom. The van der Waals surface area contributed by atoms with Crippen molar-refractivity contribution in [2.75, 3.05) is 17.7 Å². The van der Waals surface area contributed by atoms with Gasteiger partial charge in [-0.2, -0.15) is 4.98 Å². The summed E-state index contributed by atoms with van der Waals surface area (Å²) in [6, 6.07) is 3.32. The van der Waals surface area contributed by atoms with E-state index in [1.807, 2.05) is 0 Å². The number of aliphatic hydroxyl groups excluding tert-OH is 1. The van der Waals surface area contributed by atoms with Crippen molar-refractivity contribution in [1.82, 2.24) is 20.1 Å². The van der Waals surface area contributed by atoms with Gasteiger partial charge >= 0.3 is 0 Å². The fraction of sp³-hybridized carbons (Fsp3) is 0.316. The number of nitrogens with zero attached hydrogens (tertiary/aromatic N) is 6. The van der Waals surface area contributed by atoms with Crippen LogP contribution >= 0.6 is 11.8 Å². The minimum absolute atomic E-state index is 0.0195. The van der Waals surface area contributed by atoms with Gasteiger partial charge in [-0.15, -0.1) is 16.9 Å². The van der Waals surface area contributed by atoms with Crippen molar-refractivity contribution < 1.29 is 34.0 Å². The van der Waals surface area contributed by atoms with E-state index in [0.717, 1.165) is 16.0 Å². The lowest BCUT2D eigenvalue weighted by atomic mass is 10.1. The van der Waals surface area contributed by atoms with Crippen molar-refractivity contribution in [3.63, 3.8) is 0 Å². The molecule has 2 atom stereocenters. The van der Waals surface area contributed by atoms with Gasteiger partial charge in [0.2, 0.25) is 11.9 Å². The number of nitrogen functional groups attached to an aromatic ring is 1. The predicted octanol–water partition coefficient (Wildman–Crippen LogP) is -2.53. The quantitative estimate of drug-likeness (QED) is 0.154. The van der Waals surface area contributed by atoms with E-state index in [-0.39, 0.29) is 48.6 Å². The lowest BCUT2D eigenvalue weighted by molar-refractivity contribution is -0.689. The monoisotopic (exact) mass is 488 g/mol. The number of thioether (sulfide) groups is 1. The number of carboxylic acid groups (broad SMARTS) is 1. The molecule has 1 fully saturated rings. The number of nitrogens with two attached hydrogens (primary N) is 1. The van der Waals surface area contributed by atoms with Crippen LogP contribution in [0.15, 0.2) is 41.0 Å².